The van der Waals surface area contributed by atoms with Crippen molar-refractivity contribution in [2.75, 3.05) is 7.05 Å². The molecule has 0 radical (unpaired) electrons. The molecule has 0 aliphatic carbocycles. The Labute approximate surface area is 68.3 Å². The molecule has 0 fully saturated rings. The van der Waals surface area contributed by atoms with Gasteiger partial charge in [0.15, 0.2) is 0 Å². The average Bonchev–Trinajstić information content (AvgIpc) is 2.00. The van der Waals surface area contributed by atoms with Crippen molar-refractivity contribution < 1.29 is 19.5 Å². The molecular weight excluding hydrogens is 164 g/mol. The minimum absolute atomic E-state index is 0.637. The lowest BCUT2D eigenvalue weighted by atomic mass is 10.5. The average molecular weight is 172 g/mol. The molecule has 0 unspecified atom stereocenters. The Morgan fingerprint density at radius 3 is 2.25 bits per heavy atom. The lowest BCUT2D eigenvalue weighted by molar-refractivity contribution is -0.131. The molecule has 0 rings (SSSR count). The molecule has 6 nitrogen and oxygen atoms in total. The van der Waals surface area contributed by atoms with Crippen molar-refractivity contribution in [3.63, 3.8) is 0 Å². The van der Waals surface area contributed by atoms with Gasteiger partial charge < -0.3 is 10.4 Å². The number of amides is 3. The Morgan fingerprint density at radius 2 is 1.83 bits per heavy atom. The van der Waals surface area contributed by atoms with Crippen molar-refractivity contribution >= 4 is 17.9 Å². The first kappa shape index (κ1) is 10.2. The van der Waals surface area contributed by atoms with E-state index in [1.54, 1.807) is 0 Å². The Kier molecular flexibility index (Phi) is 4.13. The van der Waals surface area contributed by atoms with Crippen LogP contribution in [0.2, 0.25) is 0 Å². The zero-order valence-corrected chi connectivity index (χ0v) is 6.33. The minimum atomic E-state index is -1.25. The molecule has 0 saturated carbocycles. The molecule has 0 atom stereocenters. The third-order valence-electron chi connectivity index (χ3n) is 0.841. The van der Waals surface area contributed by atoms with E-state index in [4.69, 9.17) is 5.11 Å². The van der Waals surface area contributed by atoms with Gasteiger partial charge in [-0.3, -0.25) is 10.1 Å². The highest BCUT2D eigenvalue weighted by atomic mass is 16.4. The fraction of sp³-hybridized carbons (Fsp3) is 0.167. The summed E-state index contributed by atoms with van der Waals surface area (Å²) in [6, 6.07) is -0.685. The largest absolute Gasteiger partial charge is 0.478 e. The first-order valence-electron chi connectivity index (χ1n) is 3.00. The number of carbonyl (C=O) groups excluding carboxylic acids is 2. The second-order valence-corrected chi connectivity index (χ2v) is 1.74. The van der Waals surface area contributed by atoms with Crippen LogP contribution in [0.25, 0.3) is 0 Å². The van der Waals surface area contributed by atoms with Gasteiger partial charge in [0.1, 0.15) is 0 Å². The summed E-state index contributed by atoms with van der Waals surface area (Å²) in [6.45, 7) is 0. The molecule has 0 aromatic heterocycles. The van der Waals surface area contributed by atoms with Crippen molar-refractivity contribution in [2.24, 2.45) is 0 Å². The number of imide groups is 1. The zero-order valence-electron chi connectivity index (χ0n) is 6.33. The van der Waals surface area contributed by atoms with Gasteiger partial charge in [-0.15, -0.1) is 0 Å². The van der Waals surface area contributed by atoms with Gasteiger partial charge >= 0.3 is 12.0 Å². The molecule has 0 bridgehead atoms. The number of carbonyl (C=O) groups is 3. The standard InChI is InChI=1S/C6H8N2O4/c1-7-6(12)8-4(9)2-3-5(10)11/h2-3H,1H3,(H,10,11)(H2,7,8,9,12)/b3-2+. The maximum absolute atomic E-state index is 10.6. The Bertz CT molecular complexity index is 234. The normalized spacial score (nSPS) is 9.42. The molecule has 0 aromatic rings. The van der Waals surface area contributed by atoms with E-state index in [-0.39, 0.29) is 0 Å². The number of hydrogen-bond acceptors (Lipinski definition) is 3. The molecular formula is C6H8N2O4. The number of rotatable bonds is 2. The van der Waals surface area contributed by atoms with E-state index in [2.05, 4.69) is 5.32 Å². The first-order valence-corrected chi connectivity index (χ1v) is 3.00. The lowest BCUT2D eigenvalue weighted by Crippen LogP contribution is -2.36. The van der Waals surface area contributed by atoms with Crippen LogP contribution < -0.4 is 10.6 Å². The second-order valence-electron chi connectivity index (χ2n) is 1.74. The molecule has 0 saturated heterocycles. The summed E-state index contributed by atoms with van der Waals surface area (Å²) in [5.74, 6) is -2.03. The molecule has 0 aliphatic heterocycles. The van der Waals surface area contributed by atoms with Gasteiger partial charge in [0, 0.05) is 19.2 Å². The number of carboxylic acid groups (broad SMARTS) is 1. The summed E-state index contributed by atoms with van der Waals surface area (Å²) in [5, 5.41) is 12.1. The number of aliphatic carboxylic acids is 1. The van der Waals surface area contributed by atoms with Gasteiger partial charge in [-0.25, -0.2) is 9.59 Å². The molecule has 0 spiro atoms. The van der Waals surface area contributed by atoms with E-state index in [0.29, 0.717) is 6.08 Å². The van der Waals surface area contributed by atoms with Gasteiger partial charge in [-0.2, -0.15) is 0 Å². The first-order chi connectivity index (χ1) is 5.56. The van der Waals surface area contributed by atoms with E-state index in [9.17, 15) is 14.4 Å². The summed E-state index contributed by atoms with van der Waals surface area (Å²) < 4.78 is 0. The van der Waals surface area contributed by atoms with E-state index < -0.39 is 17.9 Å². The van der Waals surface area contributed by atoms with E-state index in [0.717, 1.165) is 6.08 Å². The number of hydrogen-bond donors (Lipinski definition) is 3. The smallest absolute Gasteiger partial charge is 0.328 e. The maximum Gasteiger partial charge on any atom is 0.328 e. The predicted molar refractivity (Wildman–Crippen MR) is 39.4 cm³/mol. The Morgan fingerprint density at radius 1 is 1.25 bits per heavy atom. The van der Waals surface area contributed by atoms with E-state index >= 15 is 0 Å². The van der Waals surface area contributed by atoms with Crippen LogP contribution in [0.3, 0.4) is 0 Å². The molecule has 3 N–H and O–H groups in total. The number of carboxylic acids is 1. The Balaban J connectivity index is 3.90. The second kappa shape index (κ2) is 4.89. The highest BCUT2D eigenvalue weighted by Crippen LogP contribution is 1.74. The monoisotopic (exact) mass is 172 g/mol. The number of urea groups is 1. The van der Waals surface area contributed by atoms with E-state index in [1.165, 1.54) is 7.05 Å². The zero-order chi connectivity index (χ0) is 9.56. The number of nitrogens with one attached hydrogen (secondary N) is 2. The van der Waals surface area contributed by atoms with Crippen molar-refractivity contribution in [1.82, 2.24) is 10.6 Å². The van der Waals surface area contributed by atoms with Gasteiger partial charge in [0.05, 0.1) is 0 Å². The summed E-state index contributed by atoms with van der Waals surface area (Å²) in [4.78, 5) is 30.9. The highest BCUT2D eigenvalue weighted by Gasteiger charge is 2.00. The van der Waals surface area contributed by atoms with Gasteiger partial charge in [-0.05, 0) is 0 Å². The molecule has 0 aliphatic rings. The molecule has 66 valence electrons. The predicted octanol–water partition coefficient (Wildman–Crippen LogP) is -0.917. The van der Waals surface area contributed by atoms with Crippen LogP contribution >= 0.6 is 0 Å². The third-order valence-corrected chi connectivity index (χ3v) is 0.841. The van der Waals surface area contributed by atoms with Crippen LogP contribution in [0.4, 0.5) is 4.79 Å². The quantitative estimate of drug-likeness (QED) is 0.469. The van der Waals surface area contributed by atoms with Crippen LogP contribution in [0.5, 0.6) is 0 Å². The fourth-order valence-corrected chi connectivity index (χ4v) is 0.363. The van der Waals surface area contributed by atoms with Crippen molar-refractivity contribution in [1.29, 1.82) is 0 Å². The molecule has 3 amide bonds. The summed E-state index contributed by atoms with van der Waals surface area (Å²) in [5.41, 5.74) is 0. The van der Waals surface area contributed by atoms with Crippen LogP contribution in [-0.2, 0) is 9.59 Å². The lowest BCUT2D eigenvalue weighted by Gasteiger charge is -1.96. The maximum atomic E-state index is 10.6. The van der Waals surface area contributed by atoms with Crippen molar-refractivity contribution in [2.45, 2.75) is 0 Å². The fourth-order valence-electron chi connectivity index (χ4n) is 0.363. The molecule has 6 heteroatoms. The van der Waals surface area contributed by atoms with Crippen LogP contribution in [0, 0.1) is 0 Å². The molecule has 0 heterocycles. The highest BCUT2D eigenvalue weighted by molar-refractivity contribution is 6.02. The summed E-state index contributed by atoms with van der Waals surface area (Å²) in [7, 11) is 1.34. The topological polar surface area (TPSA) is 95.5 Å². The van der Waals surface area contributed by atoms with Gasteiger partial charge in [0.2, 0.25) is 0 Å². The van der Waals surface area contributed by atoms with Gasteiger partial charge in [-0.1, -0.05) is 0 Å². The van der Waals surface area contributed by atoms with Crippen molar-refractivity contribution in [3.05, 3.63) is 12.2 Å². The van der Waals surface area contributed by atoms with E-state index in [1.807, 2.05) is 5.32 Å². The van der Waals surface area contributed by atoms with Crippen molar-refractivity contribution in [3.8, 4) is 0 Å². The summed E-state index contributed by atoms with van der Waals surface area (Å²) >= 11 is 0. The van der Waals surface area contributed by atoms with Crippen LogP contribution in [-0.4, -0.2) is 30.1 Å². The SMILES string of the molecule is CNC(=O)NC(=O)/C=C/C(=O)O. The van der Waals surface area contributed by atoms with Gasteiger partial charge in [0.25, 0.3) is 5.91 Å². The summed E-state index contributed by atoms with van der Waals surface area (Å²) in [6.07, 6.45) is 1.38. The van der Waals surface area contributed by atoms with Crippen LogP contribution in [0.1, 0.15) is 0 Å². The van der Waals surface area contributed by atoms with Crippen LogP contribution in [0.15, 0.2) is 12.2 Å². The minimum Gasteiger partial charge on any atom is -0.478 e. The molecule has 0 aromatic carbocycles. The Hall–Kier alpha value is -1.85. The molecule has 12 heavy (non-hydrogen) atoms. The third kappa shape index (κ3) is 4.98.